The number of nitro groups is 2. The molecule has 0 radical (unpaired) electrons. The molecule has 0 aromatic heterocycles. The van der Waals surface area contributed by atoms with Crippen molar-refractivity contribution in [1.29, 1.82) is 0 Å². The lowest BCUT2D eigenvalue weighted by Crippen LogP contribution is -2.48. The van der Waals surface area contributed by atoms with Gasteiger partial charge in [-0.3, -0.25) is 20.2 Å². The summed E-state index contributed by atoms with van der Waals surface area (Å²) >= 11 is 39.4. The summed E-state index contributed by atoms with van der Waals surface area (Å²) in [5.41, 5.74) is -3.50. The van der Waals surface area contributed by atoms with Gasteiger partial charge in [0.2, 0.25) is 9.49 Å². The number of rotatable bonds is 8. The Labute approximate surface area is 215 Å². The number of amidine groups is 2. The molecule has 12 nitrogen and oxygen atoms in total. The molecule has 1 saturated heterocycles. The minimum atomic E-state index is -2.59. The third-order valence-corrected chi connectivity index (χ3v) is 7.15. The quantitative estimate of drug-likeness (QED) is 0.0940. The first-order valence-corrected chi connectivity index (χ1v) is 11.3. The highest BCUT2D eigenvalue weighted by atomic mass is 79.9. The summed E-state index contributed by atoms with van der Waals surface area (Å²) < 4.78 is -4.80. The predicted molar refractivity (Wildman–Crippen MR) is 120 cm³/mol. The van der Waals surface area contributed by atoms with E-state index in [1.165, 1.54) is 0 Å². The standard InChI is InChI=1S/C10H10Br2Cl6N6O6/c11-7(19-29-5(13)9(15,16)23(25)26)21-1-2-22(4-3-21)8(12)20-30-6(14)10(17,18)24(27)28/h5-6H,1-4H2/b19-7+,20-8+. The van der Waals surface area contributed by atoms with E-state index in [1.54, 1.807) is 9.80 Å². The van der Waals surface area contributed by atoms with Gasteiger partial charge in [-0.2, -0.15) is 0 Å². The monoisotopic (exact) mass is 678 g/mol. The van der Waals surface area contributed by atoms with Gasteiger partial charge in [-0.05, 0) is 78.3 Å². The van der Waals surface area contributed by atoms with Gasteiger partial charge in [0.05, 0.1) is 9.85 Å². The summed E-state index contributed by atoms with van der Waals surface area (Å²) in [5.74, 6) is 0. The van der Waals surface area contributed by atoms with E-state index in [0.29, 0.717) is 26.2 Å². The van der Waals surface area contributed by atoms with Crippen LogP contribution in [0.4, 0.5) is 0 Å². The fourth-order valence-electron chi connectivity index (χ4n) is 1.66. The van der Waals surface area contributed by atoms with Gasteiger partial charge >= 0.3 is 20.0 Å². The minimum Gasteiger partial charge on any atom is -0.363 e. The van der Waals surface area contributed by atoms with Gasteiger partial charge in [-0.1, -0.05) is 33.5 Å². The molecule has 1 fully saturated rings. The smallest absolute Gasteiger partial charge is 0.363 e. The second kappa shape index (κ2) is 11.8. The van der Waals surface area contributed by atoms with Crippen molar-refractivity contribution in [2.75, 3.05) is 26.2 Å². The van der Waals surface area contributed by atoms with E-state index in [-0.39, 0.29) is 9.49 Å². The fraction of sp³-hybridized carbons (Fsp3) is 0.800. The number of piperazine rings is 1. The molecule has 30 heavy (non-hydrogen) atoms. The lowest BCUT2D eigenvalue weighted by Gasteiger charge is -2.34. The molecule has 172 valence electrons. The SMILES string of the molecule is O=[N+]([O-])C(Cl)(Cl)C(Cl)O/N=C(\Br)N1CCN(/C(Br)=N/OC(Cl)C(Cl)(Cl)[N+](=O)[O-])CC1. The second-order valence-corrected chi connectivity index (χ2v) is 10.1. The molecule has 1 heterocycles. The van der Waals surface area contributed by atoms with Crippen molar-refractivity contribution >= 4 is 111 Å². The zero-order valence-corrected chi connectivity index (χ0v) is 21.8. The van der Waals surface area contributed by atoms with Crippen LogP contribution in [0.1, 0.15) is 0 Å². The van der Waals surface area contributed by atoms with E-state index in [1.807, 2.05) is 0 Å². The van der Waals surface area contributed by atoms with Crippen molar-refractivity contribution in [3.63, 3.8) is 0 Å². The highest BCUT2D eigenvalue weighted by molar-refractivity contribution is 9.18. The van der Waals surface area contributed by atoms with Crippen molar-refractivity contribution in [3.8, 4) is 0 Å². The van der Waals surface area contributed by atoms with E-state index in [2.05, 4.69) is 42.2 Å². The maximum atomic E-state index is 10.7. The molecule has 0 amide bonds. The molecular formula is C10H10Br2Cl6N6O6. The largest absolute Gasteiger partial charge is 0.423 e. The van der Waals surface area contributed by atoms with Gasteiger partial charge in [0, 0.05) is 26.2 Å². The van der Waals surface area contributed by atoms with Gasteiger partial charge in [-0.15, -0.1) is 0 Å². The van der Waals surface area contributed by atoms with E-state index < -0.39 is 29.9 Å². The number of halogens is 8. The van der Waals surface area contributed by atoms with Gasteiger partial charge in [0.1, 0.15) is 0 Å². The highest BCUT2D eigenvalue weighted by Gasteiger charge is 2.50. The third kappa shape index (κ3) is 7.57. The fourth-order valence-corrected chi connectivity index (χ4v) is 2.94. The number of alkyl halides is 6. The highest BCUT2D eigenvalue weighted by Crippen LogP contribution is 2.32. The topological polar surface area (TPSA) is 136 Å². The molecule has 0 N–H and O–H groups in total. The van der Waals surface area contributed by atoms with Crippen molar-refractivity contribution in [2.24, 2.45) is 10.3 Å². The third-order valence-electron chi connectivity index (χ3n) is 3.28. The summed E-state index contributed by atoms with van der Waals surface area (Å²) in [6.07, 6.45) is 0. The average Bonchev–Trinajstić information content (AvgIpc) is 2.69. The van der Waals surface area contributed by atoms with Gasteiger partial charge in [0.25, 0.3) is 0 Å². The molecule has 0 bridgehead atoms. The molecule has 2 atom stereocenters. The first-order valence-electron chi connectivity index (χ1n) is 7.32. The normalized spacial score (nSPS) is 18.7. The molecule has 0 aromatic rings. The summed E-state index contributed by atoms with van der Waals surface area (Å²) in [4.78, 5) is 32.3. The first kappa shape index (κ1) is 28.1. The minimum absolute atomic E-state index is 0.186. The van der Waals surface area contributed by atoms with Crippen molar-refractivity contribution < 1.29 is 19.5 Å². The van der Waals surface area contributed by atoms with E-state index in [9.17, 15) is 20.2 Å². The van der Waals surface area contributed by atoms with Crippen LogP contribution in [0.15, 0.2) is 10.3 Å². The average molecular weight is 683 g/mol. The van der Waals surface area contributed by atoms with Crippen LogP contribution in [-0.4, -0.2) is 75.4 Å². The Kier molecular flexibility index (Phi) is 11.0. The van der Waals surface area contributed by atoms with Crippen molar-refractivity contribution in [3.05, 3.63) is 20.2 Å². The Morgan fingerprint density at radius 3 is 1.33 bits per heavy atom. The molecule has 1 aliphatic rings. The maximum absolute atomic E-state index is 10.7. The molecule has 0 aromatic carbocycles. The Balaban J connectivity index is 2.59. The van der Waals surface area contributed by atoms with Crippen LogP contribution in [0.25, 0.3) is 0 Å². The van der Waals surface area contributed by atoms with E-state index in [4.69, 9.17) is 79.3 Å². The lowest BCUT2D eigenvalue weighted by atomic mass is 10.3. The van der Waals surface area contributed by atoms with Gasteiger partial charge < -0.3 is 19.5 Å². The van der Waals surface area contributed by atoms with Crippen molar-refractivity contribution in [1.82, 2.24) is 9.80 Å². The summed E-state index contributed by atoms with van der Waals surface area (Å²) in [5, 5.41) is 28.7. The zero-order valence-electron chi connectivity index (χ0n) is 14.1. The molecular weight excluding hydrogens is 673 g/mol. The zero-order chi connectivity index (χ0) is 23.3. The van der Waals surface area contributed by atoms with Gasteiger partial charge in [0.15, 0.2) is 0 Å². The Hall–Kier alpha value is 0.0400. The van der Waals surface area contributed by atoms with Crippen LogP contribution < -0.4 is 0 Å². The Morgan fingerprint density at radius 2 is 1.10 bits per heavy atom. The maximum Gasteiger partial charge on any atom is 0.423 e. The second-order valence-electron chi connectivity index (χ2n) is 5.23. The van der Waals surface area contributed by atoms with Gasteiger partial charge in [-0.25, -0.2) is 0 Å². The van der Waals surface area contributed by atoms with Crippen LogP contribution in [0, 0.1) is 20.2 Å². The lowest BCUT2D eigenvalue weighted by molar-refractivity contribution is -0.523. The van der Waals surface area contributed by atoms with Crippen LogP contribution in [0.5, 0.6) is 0 Å². The summed E-state index contributed by atoms with van der Waals surface area (Å²) in [7, 11) is 0. The first-order chi connectivity index (χ1) is 13.7. The molecule has 0 saturated carbocycles. The number of oxime groups is 2. The van der Waals surface area contributed by atoms with Crippen LogP contribution in [0.2, 0.25) is 0 Å². The Morgan fingerprint density at radius 1 is 0.833 bits per heavy atom. The molecule has 1 aliphatic heterocycles. The van der Waals surface area contributed by atoms with Crippen LogP contribution >= 0.6 is 101 Å². The molecule has 0 spiro atoms. The molecule has 1 rings (SSSR count). The summed E-state index contributed by atoms with van der Waals surface area (Å²) in [6, 6.07) is 0. The number of hydrogen-bond acceptors (Lipinski definition) is 8. The van der Waals surface area contributed by atoms with Crippen molar-refractivity contribution in [2.45, 2.75) is 20.0 Å². The molecule has 20 heteroatoms. The molecule has 2 unspecified atom stereocenters. The van der Waals surface area contributed by atoms with E-state index >= 15 is 0 Å². The van der Waals surface area contributed by atoms with E-state index in [0.717, 1.165) is 0 Å². The summed E-state index contributed by atoms with van der Waals surface area (Å²) in [6.45, 7) is 1.56. The van der Waals surface area contributed by atoms with Crippen LogP contribution in [0.3, 0.4) is 0 Å². The predicted octanol–water partition coefficient (Wildman–Crippen LogP) is 3.92. The molecule has 0 aliphatic carbocycles. The number of nitrogens with zero attached hydrogens (tertiary/aromatic N) is 6. The Bertz CT molecular complexity index is 651. The number of hydrogen-bond donors (Lipinski definition) is 0. The van der Waals surface area contributed by atoms with Crippen LogP contribution in [-0.2, 0) is 9.68 Å².